The van der Waals surface area contributed by atoms with Crippen LogP contribution in [0, 0.1) is 5.82 Å². The van der Waals surface area contributed by atoms with Crippen LogP contribution in [-0.4, -0.2) is 21.8 Å². The SMILES string of the molecule is COc1ccc2c(c1)nc(CO)n2Cc1ccc(F)cc1. The van der Waals surface area contributed by atoms with Gasteiger partial charge in [-0.05, 0) is 29.8 Å². The Balaban J connectivity index is 2.05. The molecule has 4 nitrogen and oxygen atoms in total. The molecule has 2 aromatic carbocycles. The Morgan fingerprint density at radius 1 is 1.19 bits per heavy atom. The molecule has 3 rings (SSSR count). The van der Waals surface area contributed by atoms with Crippen molar-refractivity contribution < 1.29 is 14.2 Å². The largest absolute Gasteiger partial charge is 0.497 e. The van der Waals surface area contributed by atoms with Gasteiger partial charge in [-0.2, -0.15) is 0 Å². The van der Waals surface area contributed by atoms with Crippen molar-refractivity contribution in [3.8, 4) is 5.75 Å². The molecule has 3 aromatic rings. The van der Waals surface area contributed by atoms with Crippen molar-refractivity contribution in [1.29, 1.82) is 0 Å². The number of aliphatic hydroxyl groups excluding tert-OH is 1. The molecule has 0 aliphatic carbocycles. The van der Waals surface area contributed by atoms with Crippen molar-refractivity contribution in [3.05, 3.63) is 59.7 Å². The number of benzene rings is 2. The highest BCUT2D eigenvalue weighted by Gasteiger charge is 2.11. The number of fused-ring (bicyclic) bond motifs is 1. The lowest BCUT2D eigenvalue weighted by molar-refractivity contribution is 0.267. The Labute approximate surface area is 121 Å². The highest BCUT2D eigenvalue weighted by Crippen LogP contribution is 2.23. The standard InChI is InChI=1S/C16H15FN2O2/c1-21-13-6-7-15-14(8-13)18-16(10-20)19(15)9-11-2-4-12(17)5-3-11/h2-8,20H,9-10H2,1H3. The van der Waals surface area contributed by atoms with Gasteiger partial charge in [-0.15, -0.1) is 0 Å². The van der Waals surface area contributed by atoms with Crippen molar-refractivity contribution in [1.82, 2.24) is 9.55 Å². The number of rotatable bonds is 4. The molecule has 0 atom stereocenters. The quantitative estimate of drug-likeness (QED) is 0.802. The first-order valence-corrected chi connectivity index (χ1v) is 6.59. The molecule has 108 valence electrons. The van der Waals surface area contributed by atoms with Crippen LogP contribution in [-0.2, 0) is 13.2 Å². The van der Waals surface area contributed by atoms with Gasteiger partial charge in [0.2, 0.25) is 0 Å². The zero-order valence-corrected chi connectivity index (χ0v) is 11.6. The van der Waals surface area contributed by atoms with Gasteiger partial charge in [0.05, 0.1) is 18.1 Å². The minimum atomic E-state index is -0.263. The van der Waals surface area contributed by atoms with Crippen molar-refractivity contribution in [2.24, 2.45) is 0 Å². The zero-order valence-electron chi connectivity index (χ0n) is 11.6. The molecule has 1 heterocycles. The van der Waals surface area contributed by atoms with Crippen LogP contribution in [0.15, 0.2) is 42.5 Å². The van der Waals surface area contributed by atoms with Gasteiger partial charge in [0.1, 0.15) is 24.0 Å². The molecule has 0 saturated carbocycles. The summed E-state index contributed by atoms with van der Waals surface area (Å²) >= 11 is 0. The van der Waals surface area contributed by atoms with Crippen LogP contribution in [0.25, 0.3) is 11.0 Å². The average molecular weight is 286 g/mol. The van der Waals surface area contributed by atoms with Crippen LogP contribution in [0.3, 0.4) is 0 Å². The number of aromatic nitrogens is 2. The van der Waals surface area contributed by atoms with Crippen LogP contribution >= 0.6 is 0 Å². The number of methoxy groups -OCH3 is 1. The van der Waals surface area contributed by atoms with Crippen LogP contribution in [0.1, 0.15) is 11.4 Å². The van der Waals surface area contributed by atoms with E-state index in [0.29, 0.717) is 12.4 Å². The van der Waals surface area contributed by atoms with Gasteiger partial charge in [0.25, 0.3) is 0 Å². The lowest BCUT2D eigenvalue weighted by atomic mass is 10.2. The van der Waals surface area contributed by atoms with Gasteiger partial charge in [0.15, 0.2) is 0 Å². The van der Waals surface area contributed by atoms with E-state index in [4.69, 9.17) is 4.74 Å². The fraction of sp³-hybridized carbons (Fsp3) is 0.188. The number of aliphatic hydroxyl groups is 1. The maximum absolute atomic E-state index is 13.0. The molecule has 0 aliphatic heterocycles. The van der Waals surface area contributed by atoms with E-state index in [9.17, 15) is 9.50 Å². The molecule has 1 aromatic heterocycles. The molecule has 21 heavy (non-hydrogen) atoms. The molecule has 1 N–H and O–H groups in total. The minimum absolute atomic E-state index is 0.155. The lowest BCUT2D eigenvalue weighted by Gasteiger charge is -2.08. The predicted octanol–water partition coefficient (Wildman–Crippen LogP) is 2.72. The maximum Gasteiger partial charge on any atom is 0.136 e. The predicted molar refractivity (Wildman–Crippen MR) is 77.7 cm³/mol. The summed E-state index contributed by atoms with van der Waals surface area (Å²) in [4.78, 5) is 4.41. The Kier molecular flexibility index (Phi) is 3.58. The zero-order chi connectivity index (χ0) is 14.8. The number of nitrogens with zero attached hydrogens (tertiary/aromatic N) is 2. The van der Waals surface area contributed by atoms with E-state index in [1.54, 1.807) is 19.2 Å². The Bertz CT molecular complexity index is 766. The first-order chi connectivity index (χ1) is 10.2. The molecule has 0 spiro atoms. The minimum Gasteiger partial charge on any atom is -0.497 e. The topological polar surface area (TPSA) is 47.3 Å². The summed E-state index contributed by atoms with van der Waals surface area (Å²) in [6.07, 6.45) is 0. The van der Waals surface area contributed by atoms with E-state index in [0.717, 1.165) is 22.3 Å². The summed E-state index contributed by atoms with van der Waals surface area (Å²) in [5, 5.41) is 9.49. The second-order valence-corrected chi connectivity index (χ2v) is 4.75. The van der Waals surface area contributed by atoms with E-state index in [2.05, 4.69) is 4.98 Å². The molecule has 0 aliphatic rings. The van der Waals surface area contributed by atoms with Crippen molar-refractivity contribution in [2.45, 2.75) is 13.2 Å². The highest BCUT2D eigenvalue weighted by molar-refractivity contribution is 5.78. The fourth-order valence-electron chi connectivity index (χ4n) is 2.36. The average Bonchev–Trinajstić information content (AvgIpc) is 2.86. The third-order valence-electron chi connectivity index (χ3n) is 3.43. The normalized spacial score (nSPS) is 11.0. The van der Waals surface area contributed by atoms with Crippen molar-refractivity contribution in [2.75, 3.05) is 7.11 Å². The van der Waals surface area contributed by atoms with E-state index < -0.39 is 0 Å². The number of hydrogen-bond acceptors (Lipinski definition) is 3. The Hall–Kier alpha value is -2.40. The second-order valence-electron chi connectivity index (χ2n) is 4.75. The summed E-state index contributed by atoms with van der Waals surface area (Å²) in [5.41, 5.74) is 2.62. The van der Waals surface area contributed by atoms with E-state index in [-0.39, 0.29) is 12.4 Å². The highest BCUT2D eigenvalue weighted by atomic mass is 19.1. The van der Waals surface area contributed by atoms with Gasteiger partial charge < -0.3 is 14.4 Å². The van der Waals surface area contributed by atoms with E-state index >= 15 is 0 Å². The van der Waals surface area contributed by atoms with E-state index in [1.807, 2.05) is 22.8 Å². The molecule has 5 heteroatoms. The third-order valence-corrected chi connectivity index (χ3v) is 3.43. The van der Waals surface area contributed by atoms with Gasteiger partial charge >= 0.3 is 0 Å². The lowest BCUT2D eigenvalue weighted by Crippen LogP contribution is -2.05. The Morgan fingerprint density at radius 2 is 1.95 bits per heavy atom. The first kappa shape index (κ1) is 13.6. The molecule has 0 radical (unpaired) electrons. The number of imidazole rings is 1. The molecule has 0 bridgehead atoms. The number of ether oxygens (including phenoxy) is 1. The summed E-state index contributed by atoms with van der Waals surface area (Å²) < 4.78 is 20.1. The van der Waals surface area contributed by atoms with Crippen LogP contribution in [0.2, 0.25) is 0 Å². The fourth-order valence-corrected chi connectivity index (χ4v) is 2.36. The molecule has 0 unspecified atom stereocenters. The van der Waals surface area contributed by atoms with Gasteiger partial charge in [0, 0.05) is 12.6 Å². The van der Waals surface area contributed by atoms with E-state index in [1.165, 1.54) is 12.1 Å². The summed E-state index contributed by atoms with van der Waals surface area (Å²) in [7, 11) is 1.60. The first-order valence-electron chi connectivity index (χ1n) is 6.59. The van der Waals surface area contributed by atoms with Crippen molar-refractivity contribution >= 4 is 11.0 Å². The van der Waals surface area contributed by atoms with Crippen LogP contribution in [0.5, 0.6) is 5.75 Å². The number of halogens is 1. The third kappa shape index (κ3) is 2.60. The van der Waals surface area contributed by atoms with Crippen molar-refractivity contribution in [3.63, 3.8) is 0 Å². The summed E-state index contributed by atoms with van der Waals surface area (Å²) in [6.45, 7) is 0.372. The second kappa shape index (κ2) is 5.54. The molecule has 0 amide bonds. The molecule has 0 fully saturated rings. The molecule has 0 saturated heterocycles. The molecular formula is C16H15FN2O2. The smallest absolute Gasteiger partial charge is 0.136 e. The monoisotopic (exact) mass is 286 g/mol. The molecular weight excluding hydrogens is 271 g/mol. The van der Waals surface area contributed by atoms with Gasteiger partial charge in [-0.3, -0.25) is 0 Å². The van der Waals surface area contributed by atoms with Gasteiger partial charge in [-0.1, -0.05) is 12.1 Å². The van der Waals surface area contributed by atoms with Crippen LogP contribution < -0.4 is 4.74 Å². The van der Waals surface area contributed by atoms with Gasteiger partial charge in [-0.25, -0.2) is 9.37 Å². The summed E-state index contributed by atoms with van der Waals surface area (Å²) in [5.74, 6) is 1.03. The summed E-state index contributed by atoms with van der Waals surface area (Å²) in [6, 6.07) is 11.9. The Morgan fingerprint density at radius 3 is 2.62 bits per heavy atom. The van der Waals surface area contributed by atoms with Crippen LogP contribution in [0.4, 0.5) is 4.39 Å². The number of hydrogen-bond donors (Lipinski definition) is 1. The maximum atomic E-state index is 13.0.